The van der Waals surface area contributed by atoms with Crippen molar-refractivity contribution < 1.29 is 9.26 Å². The molecule has 6 nitrogen and oxygen atoms in total. The number of aromatic nitrogens is 1. The fourth-order valence-corrected chi connectivity index (χ4v) is 2.63. The molecule has 0 aliphatic heterocycles. The van der Waals surface area contributed by atoms with Crippen LogP contribution < -0.4 is 15.4 Å². The standard InChI is InChI=1S/C20H30N4O2/c1-5-18-17(19(6-2)26-24-18)14-23-20(21-7-3)22-13-15(4)25-16-11-9-8-10-12-16/h8-12,15H,5-7,13-14H2,1-4H3,(H2,21,22,23). The molecule has 0 aliphatic rings. The van der Waals surface area contributed by atoms with E-state index in [0.29, 0.717) is 13.1 Å². The number of nitrogens with one attached hydrogen (secondary N) is 2. The highest BCUT2D eigenvalue weighted by Crippen LogP contribution is 2.16. The van der Waals surface area contributed by atoms with Gasteiger partial charge in [0.05, 0.1) is 18.8 Å². The summed E-state index contributed by atoms with van der Waals surface area (Å²) in [5.41, 5.74) is 2.09. The van der Waals surface area contributed by atoms with E-state index >= 15 is 0 Å². The van der Waals surface area contributed by atoms with Crippen molar-refractivity contribution in [1.29, 1.82) is 0 Å². The van der Waals surface area contributed by atoms with Crippen LogP contribution in [0.3, 0.4) is 0 Å². The third-order valence-corrected chi connectivity index (χ3v) is 3.98. The summed E-state index contributed by atoms with van der Waals surface area (Å²) in [4.78, 5) is 4.69. The predicted octanol–water partition coefficient (Wildman–Crippen LogP) is 3.32. The Kier molecular flexibility index (Phi) is 7.99. The minimum atomic E-state index is 0.0225. The molecule has 0 saturated heterocycles. The number of para-hydroxylation sites is 1. The van der Waals surface area contributed by atoms with E-state index in [9.17, 15) is 0 Å². The van der Waals surface area contributed by atoms with E-state index < -0.39 is 0 Å². The molecule has 0 bridgehead atoms. The van der Waals surface area contributed by atoms with Crippen molar-refractivity contribution in [3.05, 3.63) is 47.3 Å². The molecule has 2 aromatic rings. The van der Waals surface area contributed by atoms with Crippen LogP contribution in [0, 0.1) is 0 Å². The summed E-state index contributed by atoms with van der Waals surface area (Å²) in [6.07, 6.45) is 1.69. The van der Waals surface area contributed by atoms with Gasteiger partial charge in [-0.3, -0.25) is 0 Å². The number of hydrogen-bond donors (Lipinski definition) is 2. The Bertz CT molecular complexity index is 661. The second-order valence-corrected chi connectivity index (χ2v) is 6.06. The lowest BCUT2D eigenvalue weighted by molar-refractivity contribution is 0.224. The monoisotopic (exact) mass is 358 g/mol. The number of rotatable bonds is 9. The molecule has 0 aliphatic carbocycles. The van der Waals surface area contributed by atoms with Crippen molar-refractivity contribution in [2.45, 2.75) is 53.2 Å². The van der Waals surface area contributed by atoms with Crippen LogP contribution >= 0.6 is 0 Å². The SMILES string of the molecule is CCNC(=NCc1c(CC)noc1CC)NCC(C)Oc1ccccc1. The summed E-state index contributed by atoms with van der Waals surface area (Å²) in [6, 6.07) is 9.83. The highest BCUT2D eigenvalue weighted by atomic mass is 16.5. The molecular formula is C20H30N4O2. The predicted molar refractivity (Wildman–Crippen MR) is 105 cm³/mol. The number of nitrogens with zero attached hydrogens (tertiary/aromatic N) is 2. The Morgan fingerprint density at radius 3 is 2.58 bits per heavy atom. The second kappa shape index (κ2) is 10.5. The molecule has 26 heavy (non-hydrogen) atoms. The van der Waals surface area contributed by atoms with Gasteiger partial charge >= 0.3 is 0 Å². The van der Waals surface area contributed by atoms with Gasteiger partial charge in [0, 0.05) is 18.5 Å². The third kappa shape index (κ3) is 5.79. The van der Waals surface area contributed by atoms with Gasteiger partial charge in [0.15, 0.2) is 5.96 Å². The van der Waals surface area contributed by atoms with Gasteiger partial charge in [-0.25, -0.2) is 4.99 Å². The summed E-state index contributed by atoms with van der Waals surface area (Å²) in [5, 5.41) is 10.8. The van der Waals surface area contributed by atoms with Crippen molar-refractivity contribution in [3.8, 4) is 5.75 Å². The zero-order valence-corrected chi connectivity index (χ0v) is 16.2. The highest BCUT2D eigenvalue weighted by molar-refractivity contribution is 5.79. The molecule has 142 valence electrons. The average Bonchev–Trinajstić information content (AvgIpc) is 3.06. The molecule has 0 amide bonds. The minimum Gasteiger partial charge on any atom is -0.489 e. The fourth-order valence-electron chi connectivity index (χ4n) is 2.63. The van der Waals surface area contributed by atoms with Crippen molar-refractivity contribution in [2.75, 3.05) is 13.1 Å². The van der Waals surface area contributed by atoms with Crippen molar-refractivity contribution in [2.24, 2.45) is 4.99 Å². The van der Waals surface area contributed by atoms with Crippen molar-refractivity contribution >= 4 is 5.96 Å². The quantitative estimate of drug-likeness (QED) is 0.531. The van der Waals surface area contributed by atoms with E-state index in [0.717, 1.165) is 48.1 Å². The van der Waals surface area contributed by atoms with Crippen LogP contribution in [-0.4, -0.2) is 30.3 Å². The van der Waals surface area contributed by atoms with Gasteiger partial charge in [-0.1, -0.05) is 37.2 Å². The maximum atomic E-state index is 5.90. The molecule has 2 N–H and O–H groups in total. The number of ether oxygens (including phenoxy) is 1. The number of guanidine groups is 1. The first kappa shape index (κ1) is 19.8. The lowest BCUT2D eigenvalue weighted by Crippen LogP contribution is -2.41. The van der Waals surface area contributed by atoms with Crippen LogP contribution in [0.4, 0.5) is 0 Å². The van der Waals surface area contributed by atoms with Crippen LogP contribution in [-0.2, 0) is 19.4 Å². The Balaban J connectivity index is 1.95. The normalized spacial score (nSPS) is 12.7. The third-order valence-electron chi connectivity index (χ3n) is 3.98. The van der Waals surface area contributed by atoms with Gasteiger partial charge in [0.2, 0.25) is 0 Å². The molecule has 0 spiro atoms. The first-order valence-electron chi connectivity index (χ1n) is 9.38. The summed E-state index contributed by atoms with van der Waals surface area (Å²) in [7, 11) is 0. The minimum absolute atomic E-state index is 0.0225. The van der Waals surface area contributed by atoms with Crippen molar-refractivity contribution in [3.63, 3.8) is 0 Å². The number of hydrogen-bond acceptors (Lipinski definition) is 4. The largest absolute Gasteiger partial charge is 0.489 e. The molecule has 1 aromatic carbocycles. The Morgan fingerprint density at radius 2 is 1.92 bits per heavy atom. The first-order chi connectivity index (χ1) is 12.7. The van der Waals surface area contributed by atoms with Crippen LogP contribution in [0.2, 0.25) is 0 Å². The molecule has 1 heterocycles. The topological polar surface area (TPSA) is 71.7 Å². The van der Waals surface area contributed by atoms with E-state index in [4.69, 9.17) is 14.3 Å². The Labute approximate surface area is 156 Å². The van der Waals surface area contributed by atoms with Gasteiger partial charge < -0.3 is 19.9 Å². The molecule has 2 rings (SSSR count). The van der Waals surface area contributed by atoms with Gasteiger partial charge in [-0.15, -0.1) is 0 Å². The van der Waals surface area contributed by atoms with Crippen LogP contribution in [0.25, 0.3) is 0 Å². The zero-order valence-electron chi connectivity index (χ0n) is 16.2. The van der Waals surface area contributed by atoms with E-state index in [1.807, 2.05) is 37.3 Å². The van der Waals surface area contributed by atoms with E-state index in [1.165, 1.54) is 0 Å². The molecule has 0 fully saturated rings. The maximum absolute atomic E-state index is 5.90. The van der Waals surface area contributed by atoms with E-state index in [1.54, 1.807) is 0 Å². The van der Waals surface area contributed by atoms with E-state index in [2.05, 4.69) is 36.6 Å². The first-order valence-corrected chi connectivity index (χ1v) is 9.38. The van der Waals surface area contributed by atoms with Crippen LogP contribution in [0.1, 0.15) is 44.7 Å². The van der Waals surface area contributed by atoms with Crippen LogP contribution in [0.15, 0.2) is 39.8 Å². The Morgan fingerprint density at radius 1 is 1.15 bits per heavy atom. The van der Waals surface area contributed by atoms with E-state index in [-0.39, 0.29) is 6.10 Å². The smallest absolute Gasteiger partial charge is 0.191 e. The fraction of sp³-hybridized carbons (Fsp3) is 0.500. The number of aryl methyl sites for hydroxylation is 2. The zero-order chi connectivity index (χ0) is 18.8. The molecule has 1 atom stereocenters. The molecule has 0 radical (unpaired) electrons. The summed E-state index contributed by atoms with van der Waals surface area (Å²) in [6.45, 7) is 10.2. The average molecular weight is 358 g/mol. The molecule has 6 heteroatoms. The lowest BCUT2D eigenvalue weighted by Gasteiger charge is -2.17. The second-order valence-electron chi connectivity index (χ2n) is 6.06. The molecule has 1 unspecified atom stereocenters. The summed E-state index contributed by atoms with van der Waals surface area (Å²) < 4.78 is 11.3. The van der Waals surface area contributed by atoms with Crippen LogP contribution in [0.5, 0.6) is 5.75 Å². The highest BCUT2D eigenvalue weighted by Gasteiger charge is 2.13. The molecule has 0 saturated carbocycles. The molecular weight excluding hydrogens is 328 g/mol. The lowest BCUT2D eigenvalue weighted by atomic mass is 10.1. The van der Waals surface area contributed by atoms with Crippen molar-refractivity contribution in [1.82, 2.24) is 15.8 Å². The summed E-state index contributed by atoms with van der Waals surface area (Å²) in [5.74, 6) is 2.55. The van der Waals surface area contributed by atoms with Gasteiger partial charge in [0.25, 0.3) is 0 Å². The molecule has 1 aromatic heterocycles. The van der Waals surface area contributed by atoms with Gasteiger partial charge in [-0.05, 0) is 32.4 Å². The number of aliphatic imine (C=N–C) groups is 1. The maximum Gasteiger partial charge on any atom is 0.191 e. The summed E-state index contributed by atoms with van der Waals surface area (Å²) >= 11 is 0. The number of benzene rings is 1. The Hall–Kier alpha value is -2.50. The van der Waals surface area contributed by atoms with Gasteiger partial charge in [-0.2, -0.15) is 0 Å². The van der Waals surface area contributed by atoms with Gasteiger partial charge in [0.1, 0.15) is 17.6 Å².